The molecule has 1 amide bonds. The van der Waals surface area contributed by atoms with Crippen LogP contribution in [-0.4, -0.2) is 36.9 Å². The normalized spacial score (nSPS) is 20.1. The van der Waals surface area contributed by atoms with E-state index in [-0.39, 0.29) is 23.5 Å². The molecule has 1 N–H and O–H groups in total. The van der Waals surface area contributed by atoms with E-state index in [2.05, 4.69) is 10.3 Å². The highest BCUT2D eigenvalue weighted by molar-refractivity contribution is 7.91. The minimum atomic E-state index is -3.04. The SMILES string of the molecule is O=C(NC1CCS(=O)(=O)C1)C(Cc1ccccn1)c1ccc(Cl)cc1. The van der Waals surface area contributed by atoms with Crippen molar-refractivity contribution in [3.05, 3.63) is 64.9 Å². The van der Waals surface area contributed by atoms with Gasteiger partial charge in [-0.05, 0) is 36.2 Å². The Kier molecular flexibility index (Phi) is 5.39. The summed E-state index contributed by atoms with van der Waals surface area (Å²) in [6.07, 6.45) is 2.59. The van der Waals surface area contributed by atoms with Gasteiger partial charge < -0.3 is 5.32 Å². The number of benzene rings is 1. The van der Waals surface area contributed by atoms with E-state index in [0.29, 0.717) is 17.9 Å². The number of carbonyl (C=O) groups is 1. The largest absolute Gasteiger partial charge is 0.352 e. The monoisotopic (exact) mass is 378 g/mol. The molecule has 1 saturated heterocycles. The van der Waals surface area contributed by atoms with Crippen molar-refractivity contribution in [3.63, 3.8) is 0 Å². The second-order valence-electron chi connectivity index (χ2n) is 6.24. The minimum Gasteiger partial charge on any atom is -0.352 e. The maximum absolute atomic E-state index is 12.8. The van der Waals surface area contributed by atoms with Crippen molar-refractivity contribution in [2.24, 2.45) is 0 Å². The number of nitrogens with one attached hydrogen (secondary N) is 1. The summed E-state index contributed by atoms with van der Waals surface area (Å²) < 4.78 is 23.2. The van der Waals surface area contributed by atoms with Crippen molar-refractivity contribution in [2.75, 3.05) is 11.5 Å². The molecular weight excluding hydrogens is 360 g/mol. The zero-order valence-corrected chi connectivity index (χ0v) is 15.1. The molecule has 2 aromatic rings. The lowest BCUT2D eigenvalue weighted by molar-refractivity contribution is -0.123. The topological polar surface area (TPSA) is 76.1 Å². The first-order chi connectivity index (χ1) is 11.9. The van der Waals surface area contributed by atoms with E-state index >= 15 is 0 Å². The number of hydrogen-bond donors (Lipinski definition) is 1. The number of pyridine rings is 1. The molecule has 0 spiro atoms. The molecule has 3 rings (SSSR count). The summed E-state index contributed by atoms with van der Waals surface area (Å²) in [6, 6.07) is 12.4. The van der Waals surface area contributed by atoms with Crippen LogP contribution in [0.15, 0.2) is 48.7 Å². The van der Waals surface area contributed by atoms with Crippen molar-refractivity contribution >= 4 is 27.3 Å². The van der Waals surface area contributed by atoms with Gasteiger partial charge in [0.1, 0.15) is 0 Å². The Morgan fingerprint density at radius 1 is 1.24 bits per heavy atom. The van der Waals surface area contributed by atoms with Crippen molar-refractivity contribution in [1.29, 1.82) is 0 Å². The summed E-state index contributed by atoms with van der Waals surface area (Å²) in [5, 5.41) is 3.49. The van der Waals surface area contributed by atoms with Crippen LogP contribution in [0.1, 0.15) is 23.6 Å². The summed E-state index contributed by atoms with van der Waals surface area (Å²) in [7, 11) is -3.04. The van der Waals surface area contributed by atoms with Gasteiger partial charge in [0.25, 0.3) is 0 Å². The summed E-state index contributed by atoms with van der Waals surface area (Å²) in [6.45, 7) is 0. The van der Waals surface area contributed by atoms with Crippen LogP contribution in [0.5, 0.6) is 0 Å². The molecule has 0 saturated carbocycles. The zero-order chi connectivity index (χ0) is 17.9. The first-order valence-corrected chi connectivity index (χ1v) is 10.3. The molecular formula is C18H19ClN2O3S. The third kappa shape index (κ3) is 4.80. The highest BCUT2D eigenvalue weighted by Gasteiger charge is 2.31. The van der Waals surface area contributed by atoms with Crippen LogP contribution in [-0.2, 0) is 21.1 Å². The van der Waals surface area contributed by atoms with Crippen LogP contribution in [0.3, 0.4) is 0 Å². The van der Waals surface area contributed by atoms with Crippen LogP contribution >= 0.6 is 11.6 Å². The number of carbonyl (C=O) groups excluding carboxylic acids is 1. The summed E-state index contributed by atoms with van der Waals surface area (Å²) in [5.41, 5.74) is 1.63. The highest BCUT2D eigenvalue weighted by atomic mass is 35.5. The predicted molar refractivity (Wildman–Crippen MR) is 97.3 cm³/mol. The third-order valence-corrected chi connectivity index (χ3v) is 6.33. The predicted octanol–water partition coefficient (Wildman–Crippen LogP) is 2.36. The lowest BCUT2D eigenvalue weighted by Crippen LogP contribution is -2.39. The smallest absolute Gasteiger partial charge is 0.228 e. The van der Waals surface area contributed by atoms with Gasteiger partial charge in [0, 0.05) is 29.4 Å². The Morgan fingerprint density at radius 3 is 2.60 bits per heavy atom. The van der Waals surface area contributed by atoms with Gasteiger partial charge in [-0.1, -0.05) is 29.8 Å². The van der Waals surface area contributed by atoms with Crippen LogP contribution in [0.25, 0.3) is 0 Å². The number of amides is 1. The maximum atomic E-state index is 12.8. The molecule has 1 fully saturated rings. The van der Waals surface area contributed by atoms with Gasteiger partial charge in [-0.25, -0.2) is 8.42 Å². The third-order valence-electron chi connectivity index (χ3n) is 4.31. The Morgan fingerprint density at radius 2 is 2.00 bits per heavy atom. The molecule has 1 aliphatic rings. The molecule has 1 aliphatic heterocycles. The van der Waals surface area contributed by atoms with E-state index in [1.54, 1.807) is 18.3 Å². The summed E-state index contributed by atoms with van der Waals surface area (Å²) >= 11 is 5.95. The van der Waals surface area contributed by atoms with E-state index in [1.807, 2.05) is 30.3 Å². The first-order valence-electron chi connectivity index (χ1n) is 8.09. The molecule has 2 atom stereocenters. The van der Waals surface area contributed by atoms with Gasteiger partial charge in [-0.2, -0.15) is 0 Å². The molecule has 0 bridgehead atoms. The Balaban J connectivity index is 1.80. The molecule has 1 aromatic heterocycles. The Labute approximate surface area is 152 Å². The number of nitrogens with zero attached hydrogens (tertiary/aromatic N) is 1. The van der Waals surface area contributed by atoms with Crippen molar-refractivity contribution in [1.82, 2.24) is 10.3 Å². The standard InChI is InChI=1S/C18H19ClN2O3S/c19-14-6-4-13(5-7-14)17(11-15-3-1-2-9-20-15)18(22)21-16-8-10-25(23,24)12-16/h1-7,9,16-17H,8,10-12H2,(H,21,22). The van der Waals surface area contributed by atoms with Gasteiger partial charge >= 0.3 is 0 Å². The van der Waals surface area contributed by atoms with Gasteiger partial charge in [0.05, 0.1) is 17.4 Å². The fraction of sp³-hybridized carbons (Fsp3) is 0.333. The first kappa shape index (κ1) is 17.9. The van der Waals surface area contributed by atoms with E-state index in [4.69, 9.17) is 11.6 Å². The van der Waals surface area contributed by atoms with Crippen molar-refractivity contribution in [3.8, 4) is 0 Å². The number of hydrogen-bond acceptors (Lipinski definition) is 4. The van der Waals surface area contributed by atoms with Crippen LogP contribution in [0.4, 0.5) is 0 Å². The number of halogens is 1. The summed E-state index contributed by atoms with van der Waals surface area (Å²) in [4.78, 5) is 17.1. The highest BCUT2D eigenvalue weighted by Crippen LogP contribution is 2.23. The van der Waals surface area contributed by atoms with E-state index < -0.39 is 15.8 Å². The molecule has 25 heavy (non-hydrogen) atoms. The molecule has 2 heterocycles. The van der Waals surface area contributed by atoms with Crippen LogP contribution < -0.4 is 5.32 Å². The zero-order valence-electron chi connectivity index (χ0n) is 13.6. The molecule has 2 unspecified atom stereocenters. The number of sulfone groups is 1. The molecule has 7 heteroatoms. The van der Waals surface area contributed by atoms with E-state index in [0.717, 1.165) is 11.3 Å². The molecule has 1 aromatic carbocycles. The van der Waals surface area contributed by atoms with Gasteiger partial charge in [0.2, 0.25) is 5.91 Å². The second-order valence-corrected chi connectivity index (χ2v) is 8.90. The average Bonchev–Trinajstić information content (AvgIpc) is 2.93. The lowest BCUT2D eigenvalue weighted by atomic mass is 9.92. The van der Waals surface area contributed by atoms with E-state index in [9.17, 15) is 13.2 Å². The van der Waals surface area contributed by atoms with E-state index in [1.165, 1.54) is 0 Å². The van der Waals surface area contributed by atoms with Gasteiger partial charge in [-0.3, -0.25) is 9.78 Å². The molecule has 0 aliphatic carbocycles. The number of rotatable bonds is 5. The van der Waals surface area contributed by atoms with Crippen molar-refractivity contribution < 1.29 is 13.2 Å². The second kappa shape index (κ2) is 7.54. The molecule has 132 valence electrons. The maximum Gasteiger partial charge on any atom is 0.228 e. The Hall–Kier alpha value is -1.92. The minimum absolute atomic E-state index is 0.00959. The lowest BCUT2D eigenvalue weighted by Gasteiger charge is -2.20. The molecule has 0 radical (unpaired) electrons. The fourth-order valence-corrected chi connectivity index (χ4v) is 4.79. The van der Waals surface area contributed by atoms with Crippen LogP contribution in [0.2, 0.25) is 5.02 Å². The van der Waals surface area contributed by atoms with Crippen molar-refractivity contribution in [2.45, 2.75) is 24.8 Å². The van der Waals surface area contributed by atoms with Crippen LogP contribution in [0, 0.1) is 0 Å². The van der Waals surface area contributed by atoms with Gasteiger partial charge in [0.15, 0.2) is 9.84 Å². The fourth-order valence-electron chi connectivity index (χ4n) is 3.00. The quantitative estimate of drug-likeness (QED) is 0.866. The summed E-state index contributed by atoms with van der Waals surface area (Å²) in [5.74, 6) is -0.495. The molecule has 5 nitrogen and oxygen atoms in total. The number of aromatic nitrogens is 1. The Bertz CT molecular complexity index is 838. The van der Waals surface area contributed by atoms with Gasteiger partial charge in [-0.15, -0.1) is 0 Å². The average molecular weight is 379 g/mol.